The zero-order valence-electron chi connectivity index (χ0n) is 27.1. The van der Waals surface area contributed by atoms with Gasteiger partial charge in [0, 0.05) is 45.0 Å². The minimum absolute atomic E-state index is 0.683. The van der Waals surface area contributed by atoms with Crippen molar-refractivity contribution in [1.82, 2.24) is 14.5 Å². The molecule has 3 heterocycles. The van der Waals surface area contributed by atoms with Crippen LogP contribution >= 0.6 is 0 Å². The molecule has 50 heavy (non-hydrogen) atoms. The van der Waals surface area contributed by atoms with Crippen molar-refractivity contribution in [1.29, 1.82) is 0 Å². The van der Waals surface area contributed by atoms with Crippen LogP contribution in [-0.2, 0) is 0 Å². The van der Waals surface area contributed by atoms with Gasteiger partial charge >= 0.3 is 0 Å². The van der Waals surface area contributed by atoms with Crippen LogP contribution in [0.3, 0.4) is 0 Å². The van der Waals surface area contributed by atoms with E-state index in [1.165, 1.54) is 21.9 Å². The molecule has 234 valence electrons. The van der Waals surface area contributed by atoms with Crippen molar-refractivity contribution in [3.8, 4) is 50.7 Å². The molecule has 4 heteroatoms. The molecular weight excluding hydrogens is 609 g/mol. The summed E-state index contributed by atoms with van der Waals surface area (Å²) in [5.41, 5.74) is 12.0. The summed E-state index contributed by atoms with van der Waals surface area (Å²) in [5, 5.41) is 3.56. The summed E-state index contributed by atoms with van der Waals surface area (Å²) in [7, 11) is 0. The van der Waals surface area contributed by atoms with E-state index in [1.54, 1.807) is 0 Å². The summed E-state index contributed by atoms with van der Waals surface area (Å²) in [4.78, 5) is 12.9. The zero-order valence-corrected chi connectivity index (χ0v) is 27.1. The Balaban J connectivity index is 1.29. The van der Waals surface area contributed by atoms with E-state index in [0.29, 0.717) is 5.82 Å². The summed E-state index contributed by atoms with van der Waals surface area (Å²) >= 11 is 0. The van der Waals surface area contributed by atoms with Gasteiger partial charge in [-0.1, -0.05) is 140 Å². The lowest BCUT2D eigenvalue weighted by Crippen LogP contribution is -2.14. The van der Waals surface area contributed by atoms with E-state index in [9.17, 15) is 0 Å². The Labute approximate surface area is 290 Å². The van der Waals surface area contributed by atoms with E-state index in [4.69, 9.17) is 9.97 Å². The number of fused-ring (bicyclic) bond motifs is 8. The van der Waals surface area contributed by atoms with Crippen LogP contribution in [0, 0.1) is 0 Å². The van der Waals surface area contributed by atoms with Gasteiger partial charge in [0.1, 0.15) is 5.82 Å². The molecule has 0 bridgehead atoms. The van der Waals surface area contributed by atoms with Crippen LogP contribution in [0.5, 0.6) is 0 Å². The minimum Gasteiger partial charge on any atom is -0.309 e. The molecule has 0 fully saturated rings. The maximum atomic E-state index is 5.40. The van der Waals surface area contributed by atoms with E-state index in [0.717, 1.165) is 61.9 Å². The molecule has 7 aromatic carbocycles. The van der Waals surface area contributed by atoms with Crippen LogP contribution in [0.1, 0.15) is 0 Å². The molecule has 0 saturated heterocycles. The number of anilines is 3. The van der Waals surface area contributed by atoms with Crippen molar-refractivity contribution in [2.24, 2.45) is 0 Å². The van der Waals surface area contributed by atoms with Crippen molar-refractivity contribution < 1.29 is 0 Å². The van der Waals surface area contributed by atoms with Crippen molar-refractivity contribution in [3.05, 3.63) is 182 Å². The third kappa shape index (κ3) is 4.46. The molecular formula is C46H30N4. The van der Waals surface area contributed by atoms with Gasteiger partial charge in [0.25, 0.3) is 0 Å². The molecule has 0 radical (unpaired) electrons. The third-order valence-electron chi connectivity index (χ3n) is 9.72. The molecule has 1 aliphatic rings. The van der Waals surface area contributed by atoms with Gasteiger partial charge in [-0.2, -0.15) is 0 Å². The lowest BCUT2D eigenvalue weighted by molar-refractivity contribution is 1.12. The SMILES string of the molecule is c1ccc(-c2cc(N3c4ccccc4-c4c(n(-c5ccccc5)c5ccccc45)-c4ccccc43)nc(-c3ccc4ccccc4c3)n2)cc1. The van der Waals surface area contributed by atoms with Crippen LogP contribution in [0.15, 0.2) is 182 Å². The standard InChI is InChI=1S/C46H30N4/c1-3-16-32(17-4-1)39-30-43(48-46(47-39)34-28-27-31-15-7-8-18-33(31)29-34)50-41-25-13-10-22-37(41)44-36-21-9-12-24-40(36)49(35-19-5-2-6-20-35)45(44)38-23-11-14-26-42(38)50/h1-30H. The maximum Gasteiger partial charge on any atom is 0.162 e. The van der Waals surface area contributed by atoms with Crippen LogP contribution in [0.2, 0.25) is 0 Å². The first-order valence-electron chi connectivity index (χ1n) is 16.9. The highest BCUT2D eigenvalue weighted by Crippen LogP contribution is 2.54. The van der Waals surface area contributed by atoms with E-state index >= 15 is 0 Å². The first kappa shape index (κ1) is 28.3. The number of benzene rings is 7. The minimum atomic E-state index is 0.683. The van der Waals surface area contributed by atoms with Crippen molar-refractivity contribution in [2.75, 3.05) is 4.90 Å². The van der Waals surface area contributed by atoms with Gasteiger partial charge in [0.15, 0.2) is 5.82 Å². The van der Waals surface area contributed by atoms with Gasteiger partial charge in [0.2, 0.25) is 0 Å². The lowest BCUT2D eigenvalue weighted by atomic mass is 9.98. The molecule has 0 spiro atoms. The summed E-state index contributed by atoms with van der Waals surface area (Å²) in [6.45, 7) is 0. The van der Waals surface area contributed by atoms with Gasteiger partial charge in [-0.3, -0.25) is 4.90 Å². The highest BCUT2D eigenvalue weighted by molar-refractivity contribution is 6.12. The molecule has 1 aliphatic heterocycles. The van der Waals surface area contributed by atoms with Crippen LogP contribution in [0.4, 0.5) is 17.2 Å². The number of aromatic nitrogens is 3. The molecule has 0 amide bonds. The van der Waals surface area contributed by atoms with E-state index in [2.05, 4.69) is 185 Å². The molecule has 9 aromatic rings. The number of hydrogen-bond acceptors (Lipinski definition) is 3. The smallest absolute Gasteiger partial charge is 0.162 e. The van der Waals surface area contributed by atoms with Gasteiger partial charge in [-0.25, -0.2) is 9.97 Å². The van der Waals surface area contributed by atoms with Crippen LogP contribution in [0.25, 0.3) is 72.4 Å². The molecule has 0 N–H and O–H groups in total. The average molecular weight is 639 g/mol. The molecule has 4 nitrogen and oxygen atoms in total. The number of para-hydroxylation sites is 4. The Morgan fingerprint density at radius 1 is 0.440 bits per heavy atom. The second-order valence-corrected chi connectivity index (χ2v) is 12.6. The molecule has 0 unspecified atom stereocenters. The van der Waals surface area contributed by atoms with E-state index in [-0.39, 0.29) is 0 Å². The largest absolute Gasteiger partial charge is 0.309 e. The van der Waals surface area contributed by atoms with E-state index in [1.807, 2.05) is 6.07 Å². The molecule has 0 atom stereocenters. The van der Waals surface area contributed by atoms with E-state index < -0.39 is 0 Å². The predicted octanol–water partition coefficient (Wildman–Crippen LogP) is 12.0. The molecule has 2 aromatic heterocycles. The normalized spacial score (nSPS) is 12.0. The fourth-order valence-corrected chi connectivity index (χ4v) is 7.50. The Kier molecular flexibility index (Phi) is 6.46. The zero-order chi connectivity index (χ0) is 33.0. The average Bonchev–Trinajstić information content (AvgIpc) is 3.47. The second kappa shape index (κ2) is 11.4. The van der Waals surface area contributed by atoms with Gasteiger partial charge in [0.05, 0.1) is 28.3 Å². The molecule has 0 aliphatic carbocycles. The maximum absolute atomic E-state index is 5.40. The van der Waals surface area contributed by atoms with Crippen LogP contribution < -0.4 is 4.90 Å². The highest BCUT2D eigenvalue weighted by Gasteiger charge is 2.32. The Morgan fingerprint density at radius 3 is 1.90 bits per heavy atom. The van der Waals surface area contributed by atoms with Crippen LogP contribution in [-0.4, -0.2) is 14.5 Å². The van der Waals surface area contributed by atoms with Crippen molar-refractivity contribution >= 4 is 38.9 Å². The predicted molar refractivity (Wildman–Crippen MR) is 206 cm³/mol. The van der Waals surface area contributed by atoms with Gasteiger partial charge < -0.3 is 4.57 Å². The highest BCUT2D eigenvalue weighted by atomic mass is 15.2. The summed E-state index contributed by atoms with van der Waals surface area (Å²) in [6, 6.07) is 64.3. The quantitative estimate of drug-likeness (QED) is 0.192. The van der Waals surface area contributed by atoms with Crippen molar-refractivity contribution in [3.63, 3.8) is 0 Å². The first-order chi connectivity index (χ1) is 24.8. The summed E-state index contributed by atoms with van der Waals surface area (Å²) in [6.07, 6.45) is 0. The number of rotatable bonds is 4. The Bertz CT molecular complexity index is 2710. The Hall–Kier alpha value is -6.78. The topological polar surface area (TPSA) is 34.0 Å². The Morgan fingerprint density at radius 2 is 1.08 bits per heavy atom. The third-order valence-corrected chi connectivity index (χ3v) is 9.72. The molecule has 10 rings (SSSR count). The lowest BCUT2D eigenvalue weighted by Gasteiger charge is -2.27. The first-order valence-corrected chi connectivity index (χ1v) is 16.9. The van der Waals surface area contributed by atoms with Crippen molar-refractivity contribution in [2.45, 2.75) is 0 Å². The summed E-state index contributed by atoms with van der Waals surface area (Å²) in [5.74, 6) is 1.49. The monoisotopic (exact) mass is 638 g/mol. The van der Waals surface area contributed by atoms with Gasteiger partial charge in [-0.05, 0) is 47.2 Å². The second-order valence-electron chi connectivity index (χ2n) is 12.6. The summed E-state index contributed by atoms with van der Waals surface area (Å²) < 4.78 is 2.42. The fourth-order valence-electron chi connectivity index (χ4n) is 7.50. The number of nitrogens with zero attached hydrogens (tertiary/aromatic N) is 4. The fraction of sp³-hybridized carbons (Fsp3) is 0. The number of hydrogen-bond donors (Lipinski definition) is 0. The molecule has 0 saturated carbocycles. The van der Waals surface area contributed by atoms with Gasteiger partial charge in [-0.15, -0.1) is 0 Å².